The van der Waals surface area contributed by atoms with Gasteiger partial charge in [-0.1, -0.05) is 30.3 Å². The number of phenols is 1. The number of phenolic OH excluding ortho intramolecular Hbond substituents is 1. The van der Waals surface area contributed by atoms with Crippen molar-refractivity contribution in [1.82, 2.24) is 4.57 Å². The smallest absolute Gasteiger partial charge is 0.269 e. The number of non-ortho nitro benzene ring substituents is 1. The average molecular weight is 438 g/mol. The number of carbonyl (C=O) groups excluding carboxylic acids is 1. The second-order valence-corrected chi connectivity index (χ2v) is 7.32. The molecule has 0 spiro atoms. The van der Waals surface area contributed by atoms with Crippen LogP contribution < -0.4 is 5.32 Å². The van der Waals surface area contributed by atoms with Crippen molar-refractivity contribution in [3.63, 3.8) is 0 Å². The molecule has 4 rings (SSSR count). The molecule has 0 radical (unpaired) electrons. The Bertz CT molecular complexity index is 1410. The molecule has 0 unspecified atom stereocenters. The van der Waals surface area contributed by atoms with E-state index in [-0.39, 0.29) is 17.0 Å². The van der Waals surface area contributed by atoms with E-state index in [1.165, 1.54) is 42.5 Å². The molecule has 1 heterocycles. The molecule has 3 aromatic carbocycles. The van der Waals surface area contributed by atoms with Crippen LogP contribution in [0.5, 0.6) is 5.75 Å². The van der Waals surface area contributed by atoms with E-state index in [2.05, 4.69) is 5.32 Å². The van der Waals surface area contributed by atoms with Crippen LogP contribution in [0, 0.1) is 21.4 Å². The molecule has 0 aliphatic carbocycles. The molecule has 1 aromatic heterocycles. The van der Waals surface area contributed by atoms with Gasteiger partial charge in [0.1, 0.15) is 17.4 Å². The molecule has 0 bridgehead atoms. The number of nitriles is 1. The number of anilines is 1. The summed E-state index contributed by atoms with van der Waals surface area (Å²) in [6.45, 7) is 0.466. The van der Waals surface area contributed by atoms with Gasteiger partial charge in [-0.2, -0.15) is 5.26 Å². The summed E-state index contributed by atoms with van der Waals surface area (Å²) in [6, 6.07) is 21.8. The molecule has 4 aromatic rings. The van der Waals surface area contributed by atoms with Crippen molar-refractivity contribution < 1.29 is 14.8 Å². The van der Waals surface area contributed by atoms with Crippen molar-refractivity contribution in [3.05, 3.63) is 106 Å². The van der Waals surface area contributed by atoms with E-state index in [9.17, 15) is 25.3 Å². The van der Waals surface area contributed by atoms with Gasteiger partial charge in [0.15, 0.2) is 0 Å². The van der Waals surface area contributed by atoms with Gasteiger partial charge in [0.05, 0.1) is 4.92 Å². The Morgan fingerprint density at radius 3 is 2.45 bits per heavy atom. The lowest BCUT2D eigenvalue weighted by atomic mass is 10.1. The molecule has 1 amide bonds. The Kier molecular flexibility index (Phi) is 5.87. The van der Waals surface area contributed by atoms with Gasteiger partial charge in [0, 0.05) is 47.0 Å². The number of nitro benzene ring substituents is 1. The fourth-order valence-corrected chi connectivity index (χ4v) is 3.49. The lowest BCUT2D eigenvalue weighted by Gasteiger charge is -2.05. The van der Waals surface area contributed by atoms with Gasteiger partial charge in [0.2, 0.25) is 0 Å². The van der Waals surface area contributed by atoms with Gasteiger partial charge in [-0.05, 0) is 42.0 Å². The van der Waals surface area contributed by atoms with E-state index in [0.717, 1.165) is 16.5 Å². The second-order valence-electron chi connectivity index (χ2n) is 7.32. The Morgan fingerprint density at radius 1 is 1.09 bits per heavy atom. The van der Waals surface area contributed by atoms with E-state index in [1.54, 1.807) is 12.1 Å². The zero-order valence-corrected chi connectivity index (χ0v) is 17.3. The monoisotopic (exact) mass is 438 g/mol. The van der Waals surface area contributed by atoms with Crippen LogP contribution >= 0.6 is 0 Å². The summed E-state index contributed by atoms with van der Waals surface area (Å²) >= 11 is 0. The molecule has 8 heteroatoms. The average Bonchev–Trinajstić information content (AvgIpc) is 3.16. The first kappa shape index (κ1) is 21.3. The van der Waals surface area contributed by atoms with Crippen molar-refractivity contribution in [2.24, 2.45) is 0 Å². The van der Waals surface area contributed by atoms with Crippen molar-refractivity contribution >= 4 is 34.3 Å². The third-order valence-corrected chi connectivity index (χ3v) is 5.11. The maximum Gasteiger partial charge on any atom is 0.269 e. The van der Waals surface area contributed by atoms with Crippen molar-refractivity contribution in [2.75, 3.05) is 5.32 Å². The minimum absolute atomic E-state index is 0.0260. The predicted octanol–water partition coefficient (Wildman–Crippen LogP) is 4.85. The highest BCUT2D eigenvalue weighted by Gasteiger charge is 2.13. The maximum absolute atomic E-state index is 12.6. The SMILES string of the molecule is N#CC(=Cc1cn(Cc2ccc([N+](=O)[O-])cc2)c2ccccc12)C(=O)Nc1ccc(O)cc1. The van der Waals surface area contributed by atoms with E-state index in [4.69, 9.17) is 0 Å². The summed E-state index contributed by atoms with van der Waals surface area (Å²) in [7, 11) is 0. The summed E-state index contributed by atoms with van der Waals surface area (Å²) in [5.74, 6) is -0.486. The number of para-hydroxylation sites is 1. The van der Waals surface area contributed by atoms with E-state index >= 15 is 0 Å². The topological polar surface area (TPSA) is 121 Å². The Balaban J connectivity index is 1.65. The summed E-state index contributed by atoms with van der Waals surface area (Å²) in [5.41, 5.74) is 2.89. The van der Waals surface area contributed by atoms with Crippen LogP contribution in [0.25, 0.3) is 17.0 Å². The number of carbonyl (C=O) groups is 1. The number of amides is 1. The standard InChI is InChI=1S/C25H18N4O4/c26-14-18(25(31)27-20-7-11-22(30)12-8-20)13-19-16-28(24-4-2-1-3-23(19)24)15-17-5-9-21(10-6-17)29(32)33/h1-13,16,30H,15H2,(H,27,31). The number of hydrogen-bond donors (Lipinski definition) is 2. The van der Waals surface area contributed by atoms with Gasteiger partial charge in [-0.3, -0.25) is 14.9 Å². The quantitative estimate of drug-likeness (QED) is 0.147. The van der Waals surface area contributed by atoms with Gasteiger partial charge < -0.3 is 15.0 Å². The Morgan fingerprint density at radius 2 is 1.79 bits per heavy atom. The summed E-state index contributed by atoms with van der Waals surface area (Å²) in [4.78, 5) is 23.1. The fourth-order valence-electron chi connectivity index (χ4n) is 3.49. The second kappa shape index (κ2) is 9.08. The van der Waals surface area contributed by atoms with Crippen LogP contribution in [0.3, 0.4) is 0 Å². The van der Waals surface area contributed by atoms with E-state index < -0.39 is 10.8 Å². The Labute approximate surface area is 188 Å². The molecule has 2 N–H and O–H groups in total. The number of fused-ring (bicyclic) bond motifs is 1. The van der Waals surface area contributed by atoms with Crippen molar-refractivity contribution in [1.29, 1.82) is 5.26 Å². The summed E-state index contributed by atoms with van der Waals surface area (Å²) < 4.78 is 1.97. The normalized spacial score (nSPS) is 11.2. The molecule has 0 atom stereocenters. The molecule has 33 heavy (non-hydrogen) atoms. The van der Waals surface area contributed by atoms with Crippen LogP contribution in [-0.2, 0) is 11.3 Å². The highest BCUT2D eigenvalue weighted by atomic mass is 16.6. The molecular weight excluding hydrogens is 420 g/mol. The molecule has 0 aliphatic heterocycles. The molecule has 0 fully saturated rings. The third-order valence-electron chi connectivity index (χ3n) is 5.11. The van der Waals surface area contributed by atoms with Crippen molar-refractivity contribution in [3.8, 4) is 11.8 Å². The molecule has 0 aliphatic rings. The first-order valence-corrected chi connectivity index (χ1v) is 9.98. The van der Waals surface area contributed by atoms with Gasteiger partial charge in [-0.15, -0.1) is 0 Å². The highest BCUT2D eigenvalue weighted by Crippen LogP contribution is 2.25. The number of rotatable bonds is 6. The molecular formula is C25H18N4O4. The zero-order valence-electron chi connectivity index (χ0n) is 17.3. The van der Waals surface area contributed by atoms with Crippen molar-refractivity contribution in [2.45, 2.75) is 6.54 Å². The maximum atomic E-state index is 12.6. The number of aromatic hydroxyl groups is 1. The minimum atomic E-state index is -0.560. The largest absolute Gasteiger partial charge is 0.508 e. The number of nitro groups is 1. The Hall–Kier alpha value is -4.90. The first-order chi connectivity index (χ1) is 15.9. The summed E-state index contributed by atoms with van der Waals surface area (Å²) in [6.07, 6.45) is 3.38. The molecule has 8 nitrogen and oxygen atoms in total. The van der Waals surface area contributed by atoms with E-state index in [0.29, 0.717) is 17.8 Å². The number of nitrogens with one attached hydrogen (secondary N) is 1. The van der Waals surface area contributed by atoms with E-state index in [1.807, 2.05) is 41.1 Å². The number of nitrogens with zero attached hydrogens (tertiary/aromatic N) is 3. The predicted molar refractivity (Wildman–Crippen MR) is 124 cm³/mol. The lowest BCUT2D eigenvalue weighted by Crippen LogP contribution is -2.13. The molecule has 0 saturated carbocycles. The minimum Gasteiger partial charge on any atom is -0.508 e. The first-order valence-electron chi connectivity index (χ1n) is 9.98. The molecule has 162 valence electrons. The van der Waals surface area contributed by atoms with Crippen LogP contribution in [0.2, 0.25) is 0 Å². The summed E-state index contributed by atoms with van der Waals surface area (Å²) in [5, 5.41) is 33.4. The molecule has 0 saturated heterocycles. The zero-order chi connectivity index (χ0) is 23.4. The van der Waals surface area contributed by atoms with Gasteiger partial charge in [-0.25, -0.2) is 0 Å². The third kappa shape index (κ3) is 4.73. The van der Waals surface area contributed by atoms with Gasteiger partial charge in [0.25, 0.3) is 11.6 Å². The van der Waals surface area contributed by atoms with Gasteiger partial charge >= 0.3 is 0 Å². The van der Waals surface area contributed by atoms with Crippen LogP contribution in [0.15, 0.2) is 84.6 Å². The number of aromatic nitrogens is 1. The van der Waals surface area contributed by atoms with Crippen LogP contribution in [0.4, 0.5) is 11.4 Å². The fraction of sp³-hybridized carbons (Fsp3) is 0.0400. The lowest BCUT2D eigenvalue weighted by molar-refractivity contribution is -0.384. The number of benzene rings is 3. The van der Waals surface area contributed by atoms with Crippen LogP contribution in [-0.4, -0.2) is 20.5 Å². The number of hydrogen-bond acceptors (Lipinski definition) is 5. The van der Waals surface area contributed by atoms with Crippen LogP contribution in [0.1, 0.15) is 11.1 Å². The highest BCUT2D eigenvalue weighted by molar-refractivity contribution is 6.10.